The van der Waals surface area contributed by atoms with Crippen molar-refractivity contribution in [3.8, 4) is 0 Å². The van der Waals surface area contributed by atoms with E-state index in [2.05, 4.69) is 5.32 Å². The number of hydrogen-bond donors (Lipinski definition) is 1. The van der Waals surface area contributed by atoms with Gasteiger partial charge in [0.15, 0.2) is 0 Å². The second kappa shape index (κ2) is 15.3. The molecule has 0 bridgehead atoms. The fourth-order valence-corrected chi connectivity index (χ4v) is 7.10. The zero-order valence-electron chi connectivity index (χ0n) is 24.5. The molecule has 0 aromatic heterocycles. The van der Waals surface area contributed by atoms with Gasteiger partial charge in [0.25, 0.3) is 10.0 Å². The Labute approximate surface area is 283 Å². The molecule has 45 heavy (non-hydrogen) atoms. The average Bonchev–Trinajstić information content (AvgIpc) is 3.00. The molecule has 2 amide bonds. The molecule has 12 heteroatoms. The molecule has 0 radical (unpaired) electrons. The van der Waals surface area contributed by atoms with Crippen LogP contribution in [0, 0.1) is 0 Å². The second-order valence-electron chi connectivity index (χ2n) is 10.5. The first-order valence-corrected chi connectivity index (χ1v) is 16.9. The lowest BCUT2D eigenvalue weighted by molar-refractivity contribution is -0.140. The number of sulfonamides is 1. The number of carbonyl (C=O) groups is 2. The SMILES string of the molecule is CC(C)NC(=O)[C@@H](Cc1ccccc1)N(Cc1c(Cl)cccc1Cl)C(=O)CN(c1cc(Cl)ccc1Cl)S(=O)(=O)c1ccccc1. The summed E-state index contributed by atoms with van der Waals surface area (Å²) in [5.41, 5.74) is 1.20. The third-order valence-electron chi connectivity index (χ3n) is 6.88. The van der Waals surface area contributed by atoms with Crippen LogP contribution in [0.1, 0.15) is 25.0 Å². The molecule has 236 valence electrons. The van der Waals surface area contributed by atoms with Crippen LogP contribution >= 0.6 is 46.4 Å². The van der Waals surface area contributed by atoms with Gasteiger partial charge >= 0.3 is 0 Å². The smallest absolute Gasteiger partial charge is 0.264 e. The van der Waals surface area contributed by atoms with E-state index >= 15 is 0 Å². The fourth-order valence-electron chi connectivity index (χ4n) is 4.70. The summed E-state index contributed by atoms with van der Waals surface area (Å²) < 4.78 is 29.1. The molecule has 0 saturated heterocycles. The van der Waals surface area contributed by atoms with Gasteiger partial charge in [-0.15, -0.1) is 0 Å². The molecule has 0 aliphatic rings. The molecule has 0 aliphatic carbocycles. The maximum absolute atomic E-state index is 14.5. The number of nitrogens with zero attached hydrogens (tertiary/aromatic N) is 2. The predicted molar refractivity (Wildman–Crippen MR) is 182 cm³/mol. The van der Waals surface area contributed by atoms with Crippen LogP contribution in [0.5, 0.6) is 0 Å². The van der Waals surface area contributed by atoms with Crippen LogP contribution in [0.4, 0.5) is 5.69 Å². The minimum atomic E-state index is -4.34. The number of hydrogen-bond acceptors (Lipinski definition) is 4. The van der Waals surface area contributed by atoms with Gasteiger partial charge in [0, 0.05) is 39.6 Å². The minimum Gasteiger partial charge on any atom is -0.352 e. The van der Waals surface area contributed by atoms with Crippen LogP contribution in [-0.2, 0) is 32.6 Å². The van der Waals surface area contributed by atoms with Gasteiger partial charge in [0.1, 0.15) is 12.6 Å². The van der Waals surface area contributed by atoms with E-state index in [-0.39, 0.29) is 49.7 Å². The molecule has 7 nitrogen and oxygen atoms in total. The molecule has 4 aromatic rings. The first-order valence-electron chi connectivity index (χ1n) is 14.0. The Kier molecular flexibility index (Phi) is 11.8. The molecule has 0 heterocycles. The summed E-state index contributed by atoms with van der Waals surface area (Å²) in [5.74, 6) is -1.12. The molecular weight excluding hydrogens is 676 g/mol. The van der Waals surface area contributed by atoms with Crippen molar-refractivity contribution < 1.29 is 18.0 Å². The van der Waals surface area contributed by atoms with Crippen LogP contribution in [0.2, 0.25) is 20.1 Å². The van der Waals surface area contributed by atoms with Crippen LogP contribution in [-0.4, -0.2) is 43.8 Å². The first kappa shape index (κ1) is 34.6. The van der Waals surface area contributed by atoms with Crippen LogP contribution in [0.25, 0.3) is 0 Å². The average molecular weight is 708 g/mol. The van der Waals surface area contributed by atoms with E-state index < -0.39 is 34.4 Å². The van der Waals surface area contributed by atoms with Gasteiger partial charge in [-0.05, 0) is 61.9 Å². The van der Waals surface area contributed by atoms with E-state index in [9.17, 15) is 18.0 Å². The summed E-state index contributed by atoms with van der Waals surface area (Å²) in [5, 5.41) is 3.75. The van der Waals surface area contributed by atoms with E-state index in [0.717, 1.165) is 9.87 Å². The van der Waals surface area contributed by atoms with Crippen LogP contribution in [0.3, 0.4) is 0 Å². The summed E-state index contributed by atoms with van der Waals surface area (Å²) in [6.07, 6.45) is 0.135. The molecule has 4 aromatic carbocycles. The lowest BCUT2D eigenvalue weighted by Gasteiger charge is -2.34. The molecule has 1 N–H and O–H groups in total. The minimum absolute atomic E-state index is 0.00309. The number of carbonyl (C=O) groups excluding carboxylic acids is 2. The highest BCUT2D eigenvalue weighted by Gasteiger charge is 2.36. The van der Waals surface area contributed by atoms with E-state index in [1.807, 2.05) is 44.2 Å². The maximum atomic E-state index is 14.5. The lowest BCUT2D eigenvalue weighted by atomic mass is 10.0. The fraction of sp³-hybridized carbons (Fsp3) is 0.212. The van der Waals surface area contributed by atoms with E-state index in [0.29, 0.717) is 5.56 Å². The van der Waals surface area contributed by atoms with Gasteiger partial charge in [0.2, 0.25) is 11.8 Å². The third-order valence-corrected chi connectivity index (χ3v) is 9.92. The normalized spacial score (nSPS) is 12.1. The monoisotopic (exact) mass is 705 g/mol. The Morgan fingerprint density at radius 1 is 0.778 bits per heavy atom. The topological polar surface area (TPSA) is 86.8 Å². The highest BCUT2D eigenvalue weighted by atomic mass is 35.5. The number of anilines is 1. The summed E-state index contributed by atoms with van der Waals surface area (Å²) in [7, 11) is -4.34. The third kappa shape index (κ3) is 8.71. The van der Waals surface area contributed by atoms with E-state index in [1.54, 1.807) is 36.4 Å². The standard InChI is InChI=1S/C33H31Cl4N3O4S/c1-22(2)38-33(42)31(18-23-10-5-3-6-11-23)39(20-26-27(35)14-9-15-28(26)36)32(41)21-40(30-19-24(34)16-17-29(30)37)45(43,44)25-12-7-4-8-13-25/h3-17,19,22,31H,18,20-21H2,1-2H3,(H,38,42)/t31-/m1/s1. The Morgan fingerprint density at radius 3 is 1.98 bits per heavy atom. The second-order valence-corrected chi connectivity index (χ2v) is 14.0. The molecule has 0 unspecified atom stereocenters. The van der Waals surface area contributed by atoms with Gasteiger partial charge in [-0.3, -0.25) is 13.9 Å². The number of benzene rings is 4. The molecule has 0 fully saturated rings. The molecule has 0 spiro atoms. The molecular formula is C33H31Cl4N3O4S. The maximum Gasteiger partial charge on any atom is 0.264 e. The lowest BCUT2D eigenvalue weighted by Crippen LogP contribution is -2.54. The van der Waals surface area contributed by atoms with Gasteiger partial charge < -0.3 is 10.2 Å². The Hall–Kier alpha value is -3.27. The summed E-state index contributed by atoms with van der Waals surface area (Å²) >= 11 is 25.9. The quantitative estimate of drug-likeness (QED) is 0.164. The van der Waals surface area contributed by atoms with Crippen LogP contribution < -0.4 is 9.62 Å². The molecule has 0 aliphatic heterocycles. The molecule has 0 saturated carbocycles. The van der Waals surface area contributed by atoms with Crippen molar-refractivity contribution in [2.24, 2.45) is 0 Å². The Morgan fingerprint density at radius 2 is 1.38 bits per heavy atom. The van der Waals surface area contributed by atoms with Gasteiger partial charge in [-0.25, -0.2) is 8.42 Å². The van der Waals surface area contributed by atoms with Crippen molar-refractivity contribution in [3.05, 3.63) is 128 Å². The van der Waals surface area contributed by atoms with Crippen LogP contribution in [0.15, 0.2) is 102 Å². The zero-order valence-corrected chi connectivity index (χ0v) is 28.3. The van der Waals surface area contributed by atoms with Crippen molar-refractivity contribution in [3.63, 3.8) is 0 Å². The largest absolute Gasteiger partial charge is 0.352 e. The van der Waals surface area contributed by atoms with E-state index in [1.165, 1.54) is 35.2 Å². The highest BCUT2D eigenvalue weighted by molar-refractivity contribution is 7.92. The summed E-state index contributed by atoms with van der Waals surface area (Å²) in [6.45, 7) is 2.73. The Bertz CT molecular complexity index is 1740. The molecule has 4 rings (SSSR count). The number of nitrogens with one attached hydrogen (secondary N) is 1. The number of rotatable bonds is 12. The molecule has 1 atom stereocenters. The van der Waals surface area contributed by atoms with Gasteiger partial charge in [-0.1, -0.05) is 101 Å². The van der Waals surface area contributed by atoms with E-state index in [4.69, 9.17) is 46.4 Å². The Balaban J connectivity index is 1.86. The first-order chi connectivity index (χ1) is 21.4. The predicted octanol–water partition coefficient (Wildman–Crippen LogP) is 7.66. The number of halogens is 4. The van der Waals surface area contributed by atoms with Gasteiger partial charge in [0.05, 0.1) is 15.6 Å². The summed E-state index contributed by atoms with van der Waals surface area (Å²) in [4.78, 5) is 29.6. The van der Waals surface area contributed by atoms with Crippen molar-refractivity contribution in [1.29, 1.82) is 0 Å². The highest BCUT2D eigenvalue weighted by Crippen LogP contribution is 2.34. The zero-order chi connectivity index (χ0) is 32.7. The number of amides is 2. The van der Waals surface area contributed by atoms with Crippen molar-refractivity contribution in [2.75, 3.05) is 10.8 Å². The summed E-state index contributed by atoms with van der Waals surface area (Å²) in [6, 6.07) is 24.8. The van der Waals surface area contributed by atoms with Crippen molar-refractivity contribution in [1.82, 2.24) is 10.2 Å². The van der Waals surface area contributed by atoms with Crippen molar-refractivity contribution in [2.45, 2.75) is 43.8 Å². The van der Waals surface area contributed by atoms with Crippen molar-refractivity contribution >= 4 is 73.9 Å². The van der Waals surface area contributed by atoms with Gasteiger partial charge in [-0.2, -0.15) is 0 Å².